The van der Waals surface area contributed by atoms with Crippen molar-refractivity contribution in [1.82, 2.24) is 0 Å². The van der Waals surface area contributed by atoms with Gasteiger partial charge in [-0.3, -0.25) is 0 Å². The van der Waals surface area contributed by atoms with E-state index in [0.717, 1.165) is 24.0 Å². The molecule has 2 nitrogen and oxygen atoms in total. The molecule has 15 heavy (non-hydrogen) atoms. The summed E-state index contributed by atoms with van der Waals surface area (Å²) in [5, 5.41) is 0. The second-order valence-electron chi connectivity index (χ2n) is 3.93. The Morgan fingerprint density at radius 3 is 2.93 bits per heavy atom. The minimum Gasteiger partial charge on any atom is -0.369 e. The molecule has 1 fully saturated rings. The van der Waals surface area contributed by atoms with E-state index in [-0.39, 0.29) is 5.82 Å². The number of anilines is 1. The molecule has 82 valence electrons. The molecule has 0 spiro atoms. The second-order valence-corrected chi connectivity index (χ2v) is 4.85. The predicted molar refractivity (Wildman–Crippen MR) is 63.5 cm³/mol. The summed E-state index contributed by atoms with van der Waals surface area (Å²) in [4.78, 5) is 2.07. The van der Waals surface area contributed by atoms with Crippen LogP contribution in [0.25, 0.3) is 0 Å². The minimum absolute atomic E-state index is 0.165. The van der Waals surface area contributed by atoms with Crippen molar-refractivity contribution < 1.29 is 4.39 Å². The van der Waals surface area contributed by atoms with Gasteiger partial charge in [0, 0.05) is 17.6 Å². The molecule has 2 N–H and O–H groups in total. The maximum atomic E-state index is 13.6. The summed E-state index contributed by atoms with van der Waals surface area (Å²) in [6.07, 6.45) is 1.06. The highest BCUT2D eigenvalue weighted by Crippen LogP contribution is 2.27. The first-order chi connectivity index (χ1) is 7.20. The van der Waals surface area contributed by atoms with Crippen LogP contribution < -0.4 is 10.6 Å². The molecule has 0 aromatic heterocycles. The fourth-order valence-electron chi connectivity index (χ4n) is 1.98. The van der Waals surface area contributed by atoms with Crippen LogP contribution >= 0.6 is 15.9 Å². The molecular weight excluding hydrogens is 259 g/mol. The van der Waals surface area contributed by atoms with Gasteiger partial charge in [0.05, 0.1) is 5.69 Å². The van der Waals surface area contributed by atoms with Crippen molar-refractivity contribution in [3.05, 3.63) is 28.5 Å². The molecule has 1 saturated heterocycles. The summed E-state index contributed by atoms with van der Waals surface area (Å²) in [6, 6.07) is 5.19. The van der Waals surface area contributed by atoms with Crippen LogP contribution in [0.3, 0.4) is 0 Å². The van der Waals surface area contributed by atoms with Gasteiger partial charge in [0.2, 0.25) is 0 Å². The van der Waals surface area contributed by atoms with Gasteiger partial charge in [-0.25, -0.2) is 4.39 Å². The fourth-order valence-corrected chi connectivity index (χ4v) is 2.31. The van der Waals surface area contributed by atoms with Gasteiger partial charge in [0.15, 0.2) is 0 Å². The third-order valence-electron chi connectivity index (χ3n) is 2.87. The van der Waals surface area contributed by atoms with Crippen molar-refractivity contribution in [2.45, 2.75) is 6.42 Å². The number of rotatable bonds is 2. The normalized spacial score (nSPS) is 21.0. The first kappa shape index (κ1) is 10.9. The third-order valence-corrected chi connectivity index (χ3v) is 3.36. The molecule has 0 saturated carbocycles. The van der Waals surface area contributed by atoms with Gasteiger partial charge in [-0.1, -0.05) is 15.9 Å². The first-order valence-corrected chi connectivity index (χ1v) is 5.90. The molecule has 0 aliphatic carbocycles. The van der Waals surface area contributed by atoms with Crippen LogP contribution in [0.4, 0.5) is 10.1 Å². The Kier molecular flexibility index (Phi) is 3.26. The van der Waals surface area contributed by atoms with E-state index < -0.39 is 0 Å². The van der Waals surface area contributed by atoms with E-state index in [2.05, 4.69) is 20.8 Å². The van der Waals surface area contributed by atoms with Crippen LogP contribution in [-0.4, -0.2) is 19.6 Å². The maximum absolute atomic E-state index is 13.6. The molecule has 2 rings (SSSR count). The van der Waals surface area contributed by atoms with Gasteiger partial charge in [0.1, 0.15) is 5.82 Å². The van der Waals surface area contributed by atoms with Crippen molar-refractivity contribution in [1.29, 1.82) is 0 Å². The predicted octanol–water partition coefficient (Wildman–Crippen LogP) is 2.37. The summed E-state index contributed by atoms with van der Waals surface area (Å²) < 4.78 is 14.4. The summed E-state index contributed by atoms with van der Waals surface area (Å²) >= 11 is 3.25. The maximum Gasteiger partial charge on any atom is 0.147 e. The molecule has 1 heterocycles. The summed E-state index contributed by atoms with van der Waals surface area (Å²) in [7, 11) is 0. The molecule has 1 aliphatic heterocycles. The van der Waals surface area contributed by atoms with Gasteiger partial charge in [-0.05, 0) is 37.1 Å². The van der Waals surface area contributed by atoms with E-state index in [0.29, 0.717) is 18.2 Å². The highest BCUT2D eigenvalue weighted by molar-refractivity contribution is 9.10. The second kappa shape index (κ2) is 4.49. The van der Waals surface area contributed by atoms with E-state index in [9.17, 15) is 4.39 Å². The number of nitrogens with two attached hydrogens (primary N) is 1. The Morgan fingerprint density at radius 2 is 2.33 bits per heavy atom. The van der Waals surface area contributed by atoms with E-state index in [1.165, 1.54) is 6.07 Å². The van der Waals surface area contributed by atoms with E-state index >= 15 is 0 Å². The molecule has 4 heteroatoms. The lowest BCUT2D eigenvalue weighted by atomic mass is 10.1. The lowest BCUT2D eigenvalue weighted by Gasteiger charge is -2.19. The number of halogens is 2. The van der Waals surface area contributed by atoms with Gasteiger partial charge < -0.3 is 10.6 Å². The van der Waals surface area contributed by atoms with Gasteiger partial charge in [-0.2, -0.15) is 0 Å². The number of nitrogens with zero attached hydrogens (tertiary/aromatic N) is 1. The van der Waals surface area contributed by atoms with Crippen LogP contribution in [0.2, 0.25) is 0 Å². The summed E-state index contributed by atoms with van der Waals surface area (Å²) in [6.45, 7) is 2.46. The number of benzene rings is 1. The Hall–Kier alpha value is -0.610. The lowest BCUT2D eigenvalue weighted by Crippen LogP contribution is -2.23. The topological polar surface area (TPSA) is 29.3 Å². The van der Waals surface area contributed by atoms with Crippen LogP contribution in [0.1, 0.15) is 6.42 Å². The zero-order valence-corrected chi connectivity index (χ0v) is 10.0. The number of hydrogen-bond donors (Lipinski definition) is 1. The average molecular weight is 273 g/mol. The average Bonchev–Trinajstić information content (AvgIpc) is 2.66. The SMILES string of the molecule is NCC1CCN(c2ccc(Br)cc2F)C1. The first-order valence-electron chi connectivity index (χ1n) is 5.11. The molecule has 0 amide bonds. The minimum atomic E-state index is -0.165. The Morgan fingerprint density at radius 1 is 1.53 bits per heavy atom. The molecule has 0 radical (unpaired) electrons. The highest BCUT2D eigenvalue weighted by Gasteiger charge is 2.23. The van der Waals surface area contributed by atoms with Crippen molar-refractivity contribution in [2.24, 2.45) is 11.7 Å². The smallest absolute Gasteiger partial charge is 0.147 e. The van der Waals surface area contributed by atoms with Gasteiger partial charge >= 0.3 is 0 Å². The van der Waals surface area contributed by atoms with Gasteiger partial charge in [0.25, 0.3) is 0 Å². The molecule has 1 aliphatic rings. The molecular formula is C11H14BrFN2. The number of hydrogen-bond acceptors (Lipinski definition) is 2. The van der Waals surface area contributed by atoms with E-state index in [4.69, 9.17) is 5.73 Å². The Balaban J connectivity index is 2.17. The van der Waals surface area contributed by atoms with Crippen LogP contribution in [0.5, 0.6) is 0 Å². The zero-order chi connectivity index (χ0) is 10.8. The van der Waals surface area contributed by atoms with Crippen molar-refractivity contribution in [3.63, 3.8) is 0 Å². The summed E-state index contributed by atoms with van der Waals surface area (Å²) in [5.74, 6) is 0.343. The quantitative estimate of drug-likeness (QED) is 0.896. The van der Waals surface area contributed by atoms with Crippen molar-refractivity contribution in [2.75, 3.05) is 24.5 Å². The molecule has 1 unspecified atom stereocenters. The standard InChI is InChI=1S/C11H14BrFN2/c12-9-1-2-11(10(13)5-9)15-4-3-8(6-14)7-15/h1-2,5,8H,3-4,6-7,14H2. The molecule has 1 aromatic carbocycles. The lowest BCUT2D eigenvalue weighted by molar-refractivity contribution is 0.597. The highest BCUT2D eigenvalue weighted by atomic mass is 79.9. The van der Waals surface area contributed by atoms with Gasteiger partial charge in [-0.15, -0.1) is 0 Å². The van der Waals surface area contributed by atoms with Crippen molar-refractivity contribution in [3.8, 4) is 0 Å². The fraction of sp³-hybridized carbons (Fsp3) is 0.455. The van der Waals surface area contributed by atoms with Crippen LogP contribution in [0, 0.1) is 11.7 Å². The van der Waals surface area contributed by atoms with Crippen LogP contribution in [-0.2, 0) is 0 Å². The zero-order valence-electron chi connectivity index (χ0n) is 8.42. The molecule has 1 aromatic rings. The Bertz CT molecular complexity index is 356. The van der Waals surface area contributed by atoms with Crippen LogP contribution in [0.15, 0.2) is 22.7 Å². The van der Waals surface area contributed by atoms with E-state index in [1.807, 2.05) is 12.1 Å². The Labute approximate surface area is 97.4 Å². The largest absolute Gasteiger partial charge is 0.369 e. The molecule has 0 bridgehead atoms. The summed E-state index contributed by atoms with van der Waals surface area (Å²) in [5.41, 5.74) is 6.30. The van der Waals surface area contributed by atoms with E-state index in [1.54, 1.807) is 0 Å². The third kappa shape index (κ3) is 2.32. The molecule has 1 atom stereocenters. The van der Waals surface area contributed by atoms with Crippen molar-refractivity contribution >= 4 is 21.6 Å². The monoisotopic (exact) mass is 272 g/mol.